The normalized spacial score (nSPS) is 25.8. The second-order valence-electron chi connectivity index (χ2n) is 5.73. The van der Waals surface area contributed by atoms with Crippen LogP contribution in [0.4, 0.5) is 0 Å². The largest absolute Gasteiger partial charge is 0.310 e. The molecule has 102 valence electrons. The van der Waals surface area contributed by atoms with E-state index in [1.165, 1.54) is 58.2 Å². The third-order valence-electron chi connectivity index (χ3n) is 4.59. The summed E-state index contributed by atoms with van der Waals surface area (Å²) in [5.41, 5.74) is 0.372. The molecule has 0 amide bonds. The Morgan fingerprint density at radius 3 is 2.47 bits per heavy atom. The molecule has 0 bridgehead atoms. The third-order valence-corrected chi connectivity index (χ3v) is 4.59. The predicted octanol–water partition coefficient (Wildman–Crippen LogP) is 3.42. The van der Waals surface area contributed by atoms with E-state index in [0.29, 0.717) is 5.54 Å². The summed E-state index contributed by atoms with van der Waals surface area (Å²) in [6.45, 7) is 13.1. The van der Waals surface area contributed by atoms with Crippen LogP contribution in [-0.2, 0) is 0 Å². The second-order valence-corrected chi connectivity index (χ2v) is 5.73. The summed E-state index contributed by atoms with van der Waals surface area (Å²) in [5.74, 6) is 0. The molecule has 0 saturated carbocycles. The van der Waals surface area contributed by atoms with Crippen LogP contribution in [0, 0.1) is 0 Å². The van der Waals surface area contributed by atoms with Crippen LogP contribution in [0.1, 0.15) is 66.2 Å². The van der Waals surface area contributed by atoms with Crippen molar-refractivity contribution in [1.29, 1.82) is 0 Å². The first-order chi connectivity index (χ1) is 8.17. The molecular formula is C15H32N2. The van der Waals surface area contributed by atoms with E-state index in [4.69, 9.17) is 0 Å². The molecule has 0 aromatic rings. The summed E-state index contributed by atoms with van der Waals surface area (Å²) in [7, 11) is 0. The molecule has 2 nitrogen and oxygen atoms in total. The van der Waals surface area contributed by atoms with Gasteiger partial charge in [0.1, 0.15) is 0 Å². The van der Waals surface area contributed by atoms with Gasteiger partial charge in [-0.1, -0.05) is 33.6 Å². The quantitative estimate of drug-likeness (QED) is 0.716. The topological polar surface area (TPSA) is 15.3 Å². The molecule has 0 radical (unpaired) electrons. The SMILES string of the molecule is CCCCCN1CC(CC)(CC)NCCC1C. The van der Waals surface area contributed by atoms with Crippen molar-refractivity contribution >= 4 is 0 Å². The van der Waals surface area contributed by atoms with Gasteiger partial charge >= 0.3 is 0 Å². The molecule has 1 unspecified atom stereocenters. The van der Waals surface area contributed by atoms with Crippen molar-refractivity contribution in [2.45, 2.75) is 77.8 Å². The molecule has 0 spiro atoms. The molecule has 1 heterocycles. The summed E-state index contributed by atoms with van der Waals surface area (Å²) in [4.78, 5) is 2.72. The van der Waals surface area contributed by atoms with Crippen molar-refractivity contribution in [3.8, 4) is 0 Å². The number of rotatable bonds is 6. The van der Waals surface area contributed by atoms with E-state index < -0.39 is 0 Å². The average Bonchev–Trinajstić information content (AvgIpc) is 2.50. The van der Waals surface area contributed by atoms with Gasteiger partial charge < -0.3 is 5.32 Å². The Morgan fingerprint density at radius 1 is 1.18 bits per heavy atom. The average molecular weight is 240 g/mol. The molecular weight excluding hydrogens is 208 g/mol. The van der Waals surface area contributed by atoms with Gasteiger partial charge in [0.15, 0.2) is 0 Å². The highest BCUT2D eigenvalue weighted by Gasteiger charge is 2.32. The van der Waals surface area contributed by atoms with Crippen molar-refractivity contribution in [2.75, 3.05) is 19.6 Å². The van der Waals surface area contributed by atoms with Gasteiger partial charge in [-0.3, -0.25) is 4.90 Å². The fourth-order valence-corrected chi connectivity index (χ4v) is 2.92. The molecule has 1 aliphatic heterocycles. The maximum atomic E-state index is 3.80. The first kappa shape index (κ1) is 15.0. The number of nitrogens with one attached hydrogen (secondary N) is 1. The van der Waals surface area contributed by atoms with Crippen LogP contribution in [0.25, 0.3) is 0 Å². The smallest absolute Gasteiger partial charge is 0.0303 e. The minimum absolute atomic E-state index is 0.372. The first-order valence-electron chi connectivity index (χ1n) is 7.66. The predicted molar refractivity (Wildman–Crippen MR) is 76.5 cm³/mol. The lowest BCUT2D eigenvalue weighted by atomic mass is 9.92. The van der Waals surface area contributed by atoms with Gasteiger partial charge in [0.2, 0.25) is 0 Å². The Hall–Kier alpha value is -0.0800. The minimum atomic E-state index is 0.372. The van der Waals surface area contributed by atoms with E-state index in [0.717, 1.165) is 6.04 Å². The zero-order chi connectivity index (χ0) is 12.7. The maximum Gasteiger partial charge on any atom is 0.0303 e. The third kappa shape index (κ3) is 4.26. The van der Waals surface area contributed by atoms with Gasteiger partial charge in [-0.25, -0.2) is 0 Å². The molecule has 1 atom stereocenters. The van der Waals surface area contributed by atoms with E-state index in [1.807, 2.05) is 0 Å². The number of unbranched alkanes of at least 4 members (excludes halogenated alkanes) is 2. The Labute approximate surface area is 108 Å². The fourth-order valence-electron chi connectivity index (χ4n) is 2.92. The van der Waals surface area contributed by atoms with Gasteiger partial charge in [0.05, 0.1) is 0 Å². The number of nitrogens with zero attached hydrogens (tertiary/aromatic N) is 1. The van der Waals surface area contributed by atoms with Crippen molar-refractivity contribution in [3.05, 3.63) is 0 Å². The van der Waals surface area contributed by atoms with Crippen LogP contribution in [-0.4, -0.2) is 36.1 Å². The number of hydrogen-bond donors (Lipinski definition) is 1. The zero-order valence-corrected chi connectivity index (χ0v) is 12.4. The van der Waals surface area contributed by atoms with Crippen molar-refractivity contribution in [1.82, 2.24) is 10.2 Å². The Morgan fingerprint density at radius 2 is 1.88 bits per heavy atom. The van der Waals surface area contributed by atoms with E-state index in [1.54, 1.807) is 0 Å². The second kappa shape index (κ2) is 7.38. The molecule has 17 heavy (non-hydrogen) atoms. The highest BCUT2D eigenvalue weighted by molar-refractivity contribution is 4.93. The summed E-state index contributed by atoms with van der Waals surface area (Å²) in [5, 5.41) is 3.80. The van der Waals surface area contributed by atoms with E-state index >= 15 is 0 Å². The van der Waals surface area contributed by atoms with Crippen molar-refractivity contribution < 1.29 is 0 Å². The maximum absolute atomic E-state index is 3.80. The first-order valence-corrected chi connectivity index (χ1v) is 7.66. The molecule has 2 heteroatoms. The van der Waals surface area contributed by atoms with E-state index in [9.17, 15) is 0 Å². The Kier molecular flexibility index (Phi) is 6.50. The van der Waals surface area contributed by atoms with E-state index in [2.05, 4.69) is 37.9 Å². The molecule has 0 aromatic heterocycles. The molecule has 0 aliphatic carbocycles. The zero-order valence-electron chi connectivity index (χ0n) is 12.4. The van der Waals surface area contributed by atoms with Gasteiger partial charge in [-0.2, -0.15) is 0 Å². The van der Waals surface area contributed by atoms with Crippen LogP contribution in [0.2, 0.25) is 0 Å². The lowest BCUT2D eigenvalue weighted by Gasteiger charge is -2.37. The van der Waals surface area contributed by atoms with Crippen molar-refractivity contribution in [3.63, 3.8) is 0 Å². The molecule has 1 N–H and O–H groups in total. The van der Waals surface area contributed by atoms with Crippen molar-refractivity contribution in [2.24, 2.45) is 0 Å². The van der Waals surface area contributed by atoms with Gasteiger partial charge in [-0.05, 0) is 45.7 Å². The van der Waals surface area contributed by atoms with Gasteiger partial charge in [-0.15, -0.1) is 0 Å². The lowest BCUT2D eigenvalue weighted by molar-refractivity contribution is 0.157. The fraction of sp³-hybridized carbons (Fsp3) is 1.00. The molecule has 1 fully saturated rings. The highest BCUT2D eigenvalue weighted by Crippen LogP contribution is 2.22. The Balaban J connectivity index is 2.58. The summed E-state index contributed by atoms with van der Waals surface area (Å²) < 4.78 is 0. The van der Waals surface area contributed by atoms with Crippen LogP contribution in [0.3, 0.4) is 0 Å². The summed E-state index contributed by atoms with van der Waals surface area (Å²) in [6.07, 6.45) is 7.87. The van der Waals surface area contributed by atoms with Crippen LogP contribution < -0.4 is 5.32 Å². The minimum Gasteiger partial charge on any atom is -0.310 e. The standard InChI is InChI=1S/C15H32N2/c1-5-8-9-12-17-13-15(6-2,7-3)16-11-10-14(17)4/h14,16H,5-13H2,1-4H3. The van der Waals surface area contributed by atoms with Crippen LogP contribution in [0.5, 0.6) is 0 Å². The number of hydrogen-bond acceptors (Lipinski definition) is 2. The molecule has 1 rings (SSSR count). The van der Waals surface area contributed by atoms with Crippen LogP contribution in [0.15, 0.2) is 0 Å². The van der Waals surface area contributed by atoms with Gasteiger partial charge in [0, 0.05) is 18.1 Å². The monoisotopic (exact) mass is 240 g/mol. The molecule has 0 aromatic carbocycles. The highest BCUT2D eigenvalue weighted by atomic mass is 15.2. The van der Waals surface area contributed by atoms with E-state index in [-0.39, 0.29) is 0 Å². The Bertz CT molecular complexity index is 199. The lowest BCUT2D eigenvalue weighted by Crippen LogP contribution is -2.51. The summed E-state index contributed by atoms with van der Waals surface area (Å²) in [6, 6.07) is 0.749. The summed E-state index contributed by atoms with van der Waals surface area (Å²) >= 11 is 0. The molecule has 1 aliphatic rings. The molecule has 1 saturated heterocycles. The van der Waals surface area contributed by atoms with Crippen LogP contribution >= 0.6 is 0 Å². The van der Waals surface area contributed by atoms with Gasteiger partial charge in [0.25, 0.3) is 0 Å².